The van der Waals surface area contributed by atoms with E-state index in [1.165, 1.54) is 5.56 Å². The first-order valence-corrected chi connectivity index (χ1v) is 11.9. The van der Waals surface area contributed by atoms with Gasteiger partial charge in [0.1, 0.15) is 6.54 Å². The quantitative estimate of drug-likeness (QED) is 0.477. The Labute approximate surface area is 181 Å². The molecule has 5 nitrogen and oxygen atoms in total. The first-order valence-electron chi connectivity index (χ1n) is 10.3. The minimum Gasteiger partial charge on any atom is -0.337 e. The van der Waals surface area contributed by atoms with E-state index in [1.807, 2.05) is 72.8 Å². The molecule has 0 N–H and O–H groups in total. The van der Waals surface area contributed by atoms with E-state index in [2.05, 4.69) is 0 Å². The van der Waals surface area contributed by atoms with Crippen molar-refractivity contribution in [2.45, 2.75) is 23.6 Å². The van der Waals surface area contributed by atoms with Crippen LogP contribution in [-0.4, -0.2) is 25.4 Å². The highest BCUT2D eigenvalue weighted by molar-refractivity contribution is 7.90. The summed E-state index contributed by atoms with van der Waals surface area (Å²) in [5.41, 5.74) is 3.60. The summed E-state index contributed by atoms with van der Waals surface area (Å²) in [5.74, 6) is -0.118. The van der Waals surface area contributed by atoms with Gasteiger partial charge in [0.2, 0.25) is 5.91 Å². The molecule has 5 rings (SSSR count). The summed E-state index contributed by atoms with van der Waals surface area (Å²) in [4.78, 5) is 15.2. The number of rotatable bonds is 5. The van der Waals surface area contributed by atoms with E-state index in [4.69, 9.17) is 0 Å². The Balaban J connectivity index is 1.49. The van der Waals surface area contributed by atoms with Crippen LogP contribution in [0.3, 0.4) is 0 Å². The van der Waals surface area contributed by atoms with Gasteiger partial charge in [-0.2, -0.15) is 0 Å². The lowest BCUT2D eigenvalue weighted by atomic mass is 10.2. The van der Waals surface area contributed by atoms with Gasteiger partial charge in [0.15, 0.2) is 9.84 Å². The Morgan fingerprint density at radius 1 is 0.871 bits per heavy atom. The second kappa shape index (κ2) is 7.71. The van der Waals surface area contributed by atoms with Gasteiger partial charge in [0.25, 0.3) is 0 Å². The number of anilines is 1. The molecule has 0 unspecified atom stereocenters. The van der Waals surface area contributed by atoms with Gasteiger partial charge in [-0.15, -0.1) is 0 Å². The smallest absolute Gasteiger partial charge is 0.246 e. The van der Waals surface area contributed by atoms with Crippen molar-refractivity contribution in [3.05, 3.63) is 96.2 Å². The Hall–Kier alpha value is -3.38. The van der Waals surface area contributed by atoms with Gasteiger partial charge in [-0.3, -0.25) is 4.79 Å². The Morgan fingerprint density at radius 3 is 2.42 bits per heavy atom. The largest absolute Gasteiger partial charge is 0.337 e. The fourth-order valence-electron chi connectivity index (χ4n) is 4.29. The number of para-hydroxylation sites is 2. The van der Waals surface area contributed by atoms with Crippen molar-refractivity contribution in [1.29, 1.82) is 0 Å². The number of hydrogen-bond acceptors (Lipinski definition) is 3. The maximum Gasteiger partial charge on any atom is 0.246 e. The SMILES string of the molecule is O=C(Cn1cc(S(=O)(=O)Cc2ccccc2)c2ccccc21)N1CCc2ccccc21. The average Bonchev–Trinajstić information content (AvgIpc) is 3.37. The van der Waals surface area contributed by atoms with E-state index >= 15 is 0 Å². The van der Waals surface area contributed by atoms with Crippen molar-refractivity contribution in [3.8, 4) is 0 Å². The van der Waals surface area contributed by atoms with E-state index < -0.39 is 9.84 Å². The molecule has 2 heterocycles. The number of sulfone groups is 1. The lowest BCUT2D eigenvalue weighted by Gasteiger charge is -2.18. The summed E-state index contributed by atoms with van der Waals surface area (Å²) < 4.78 is 28.2. The average molecular weight is 431 g/mol. The molecule has 0 saturated carbocycles. The number of aromatic nitrogens is 1. The van der Waals surface area contributed by atoms with Crippen LogP contribution >= 0.6 is 0 Å². The van der Waals surface area contributed by atoms with Gasteiger partial charge in [-0.1, -0.05) is 66.7 Å². The van der Waals surface area contributed by atoms with E-state index in [-0.39, 0.29) is 23.1 Å². The molecular weight excluding hydrogens is 408 g/mol. The molecule has 0 atom stereocenters. The minimum absolute atomic E-state index is 0.0438. The molecule has 0 saturated heterocycles. The molecule has 0 fully saturated rings. The van der Waals surface area contributed by atoms with E-state index in [0.717, 1.165) is 23.2 Å². The van der Waals surface area contributed by atoms with Crippen molar-refractivity contribution >= 4 is 32.3 Å². The third-order valence-electron chi connectivity index (χ3n) is 5.78. The molecule has 31 heavy (non-hydrogen) atoms. The van der Waals surface area contributed by atoms with Gasteiger partial charge in [0, 0.05) is 29.3 Å². The zero-order valence-corrected chi connectivity index (χ0v) is 17.8. The summed E-state index contributed by atoms with van der Waals surface area (Å²) in [6.45, 7) is 0.742. The van der Waals surface area contributed by atoms with Gasteiger partial charge < -0.3 is 9.47 Å². The summed E-state index contributed by atoms with van der Waals surface area (Å²) in [5, 5.41) is 0.646. The summed E-state index contributed by atoms with van der Waals surface area (Å²) >= 11 is 0. The minimum atomic E-state index is -3.57. The van der Waals surface area contributed by atoms with Gasteiger partial charge >= 0.3 is 0 Å². The first-order chi connectivity index (χ1) is 15.0. The molecule has 0 spiro atoms. The molecule has 1 aliphatic rings. The van der Waals surface area contributed by atoms with E-state index in [0.29, 0.717) is 11.9 Å². The third-order valence-corrected chi connectivity index (χ3v) is 7.49. The number of amides is 1. The molecule has 0 bridgehead atoms. The van der Waals surface area contributed by atoms with E-state index in [9.17, 15) is 13.2 Å². The molecule has 0 radical (unpaired) electrons. The van der Waals surface area contributed by atoms with Gasteiger partial charge in [-0.25, -0.2) is 8.42 Å². The van der Waals surface area contributed by atoms with Crippen molar-refractivity contribution < 1.29 is 13.2 Å². The Bertz CT molecular complexity index is 1370. The maximum absolute atomic E-state index is 13.2. The fourth-order valence-corrected chi connectivity index (χ4v) is 5.87. The van der Waals surface area contributed by atoms with Crippen molar-refractivity contribution in [2.75, 3.05) is 11.4 Å². The normalized spacial score (nSPS) is 13.5. The number of carbonyl (C=O) groups excluding carboxylic acids is 1. The molecule has 0 aliphatic carbocycles. The van der Waals surface area contributed by atoms with Crippen LogP contribution in [0.25, 0.3) is 10.9 Å². The van der Waals surface area contributed by atoms with E-state index in [1.54, 1.807) is 21.7 Å². The van der Waals surface area contributed by atoms with Crippen molar-refractivity contribution in [3.63, 3.8) is 0 Å². The van der Waals surface area contributed by atoms with Crippen molar-refractivity contribution in [1.82, 2.24) is 4.57 Å². The fraction of sp³-hybridized carbons (Fsp3) is 0.160. The number of hydrogen-bond donors (Lipinski definition) is 0. The first kappa shape index (κ1) is 19.6. The van der Waals surface area contributed by atoms with Crippen LogP contribution in [0.2, 0.25) is 0 Å². The standard InChI is InChI=1S/C25H22N2O3S/c28-25(27-15-14-20-10-4-6-12-22(20)27)17-26-16-24(21-11-5-7-13-23(21)26)31(29,30)18-19-8-2-1-3-9-19/h1-13,16H,14-15,17-18H2. The number of nitrogens with zero attached hydrogens (tertiary/aromatic N) is 2. The second-order valence-electron chi connectivity index (χ2n) is 7.81. The van der Waals surface area contributed by atoms with Crippen LogP contribution in [0, 0.1) is 0 Å². The predicted octanol–water partition coefficient (Wildman–Crippen LogP) is 4.20. The number of benzene rings is 3. The van der Waals surface area contributed by atoms with Crippen LogP contribution in [0.4, 0.5) is 5.69 Å². The van der Waals surface area contributed by atoms with Crippen LogP contribution in [0.5, 0.6) is 0 Å². The van der Waals surface area contributed by atoms with Crippen LogP contribution in [-0.2, 0) is 33.4 Å². The zero-order chi connectivity index (χ0) is 21.4. The molecule has 1 aromatic heterocycles. The predicted molar refractivity (Wildman–Crippen MR) is 122 cm³/mol. The molecule has 4 aromatic rings. The summed E-state index contributed by atoms with van der Waals surface area (Å²) in [7, 11) is -3.57. The van der Waals surface area contributed by atoms with Crippen LogP contribution < -0.4 is 4.90 Å². The van der Waals surface area contributed by atoms with Crippen LogP contribution in [0.15, 0.2) is 90.0 Å². The topological polar surface area (TPSA) is 59.4 Å². The second-order valence-corrected chi connectivity index (χ2v) is 9.77. The summed E-state index contributed by atoms with van der Waals surface area (Å²) in [6.07, 6.45) is 2.45. The highest BCUT2D eigenvalue weighted by Gasteiger charge is 2.26. The van der Waals surface area contributed by atoms with Crippen LogP contribution in [0.1, 0.15) is 11.1 Å². The third kappa shape index (κ3) is 3.64. The Kier molecular flexibility index (Phi) is 4.87. The molecule has 6 heteroatoms. The lowest BCUT2D eigenvalue weighted by Crippen LogP contribution is -2.32. The number of carbonyl (C=O) groups is 1. The summed E-state index contributed by atoms with van der Waals surface area (Å²) in [6, 6.07) is 24.4. The molecule has 1 amide bonds. The number of fused-ring (bicyclic) bond motifs is 2. The Morgan fingerprint density at radius 2 is 1.58 bits per heavy atom. The molecule has 1 aliphatic heterocycles. The zero-order valence-electron chi connectivity index (χ0n) is 16.9. The van der Waals surface area contributed by atoms with Gasteiger partial charge in [0.05, 0.1) is 10.6 Å². The molecule has 156 valence electrons. The monoisotopic (exact) mass is 430 g/mol. The lowest BCUT2D eigenvalue weighted by molar-refractivity contribution is -0.119. The van der Waals surface area contributed by atoms with Crippen molar-refractivity contribution in [2.24, 2.45) is 0 Å². The molecular formula is C25H22N2O3S. The van der Waals surface area contributed by atoms with Gasteiger partial charge in [-0.05, 0) is 29.7 Å². The molecule has 3 aromatic carbocycles. The maximum atomic E-state index is 13.2. The highest BCUT2D eigenvalue weighted by atomic mass is 32.2. The highest BCUT2D eigenvalue weighted by Crippen LogP contribution is 2.30.